The molecule has 0 saturated heterocycles. The van der Waals surface area contributed by atoms with Crippen LogP contribution in [0, 0.1) is 6.92 Å². The quantitative estimate of drug-likeness (QED) is 0.375. The number of carbonyl (C=O) groups is 4. The molecule has 0 spiro atoms. The Morgan fingerprint density at radius 3 is 2.64 bits per heavy atom. The molecule has 176 valence electrons. The first kappa shape index (κ1) is 25.6. The zero-order valence-electron chi connectivity index (χ0n) is 18.4. The molecule has 0 fully saturated rings. The van der Waals surface area contributed by atoms with Crippen LogP contribution in [0.15, 0.2) is 39.6 Å². The molecule has 2 N–H and O–H groups in total. The highest BCUT2D eigenvalue weighted by molar-refractivity contribution is 8.17. The number of rotatable bonds is 11. The van der Waals surface area contributed by atoms with Crippen molar-refractivity contribution < 1.29 is 33.1 Å². The van der Waals surface area contributed by atoms with Gasteiger partial charge in [0.05, 0.1) is 19.4 Å². The second-order valence-electron chi connectivity index (χ2n) is 6.69. The number of allylic oxidation sites excluding steroid dienone is 1. The van der Waals surface area contributed by atoms with Crippen molar-refractivity contribution in [1.82, 2.24) is 14.9 Å². The summed E-state index contributed by atoms with van der Waals surface area (Å²) in [6, 6.07) is 3.10. The van der Waals surface area contributed by atoms with Gasteiger partial charge in [0.2, 0.25) is 6.41 Å². The minimum Gasteiger partial charge on any atom is -0.463 e. The average Bonchev–Trinajstić information content (AvgIpc) is 3.31. The van der Waals surface area contributed by atoms with Crippen LogP contribution in [0.25, 0.3) is 0 Å². The van der Waals surface area contributed by atoms with E-state index in [-0.39, 0.29) is 36.3 Å². The Morgan fingerprint density at radius 1 is 1.27 bits per heavy atom. The van der Waals surface area contributed by atoms with E-state index >= 15 is 0 Å². The van der Waals surface area contributed by atoms with Gasteiger partial charge >= 0.3 is 11.9 Å². The van der Waals surface area contributed by atoms with Gasteiger partial charge < -0.3 is 24.5 Å². The largest absolute Gasteiger partial charge is 0.463 e. The van der Waals surface area contributed by atoms with Gasteiger partial charge in [0.15, 0.2) is 12.4 Å². The molecule has 0 aliphatic heterocycles. The third kappa shape index (κ3) is 8.07. The van der Waals surface area contributed by atoms with Gasteiger partial charge in [-0.1, -0.05) is 0 Å². The van der Waals surface area contributed by atoms with Crippen molar-refractivity contribution in [2.45, 2.75) is 33.7 Å². The van der Waals surface area contributed by atoms with E-state index in [1.165, 1.54) is 30.4 Å². The highest BCUT2D eigenvalue weighted by atomic mass is 32.2. The predicted octanol–water partition coefficient (Wildman–Crippen LogP) is 2.22. The normalized spacial score (nSPS) is 11.4. The van der Waals surface area contributed by atoms with E-state index in [1.54, 1.807) is 19.9 Å². The lowest BCUT2D eigenvalue weighted by Crippen LogP contribution is -2.22. The van der Waals surface area contributed by atoms with Crippen molar-refractivity contribution >= 4 is 41.0 Å². The number of esters is 2. The fourth-order valence-corrected chi connectivity index (χ4v) is 3.43. The van der Waals surface area contributed by atoms with Gasteiger partial charge in [-0.2, -0.15) is 0 Å². The zero-order chi connectivity index (χ0) is 24.4. The lowest BCUT2D eigenvalue weighted by atomic mass is 10.2. The number of carbonyl (C=O) groups excluding carboxylic acids is 4. The summed E-state index contributed by atoms with van der Waals surface area (Å²) in [4.78, 5) is 56.9. The van der Waals surface area contributed by atoms with Crippen LogP contribution in [-0.4, -0.2) is 51.5 Å². The molecule has 2 aromatic rings. The SMILES string of the molecule is CC(=O)OCC(=O)OCCC(SC(=O)c1ccco1)=C(C)N(C=O)Cc1cnc(C)nc1N. The molecule has 2 aromatic heterocycles. The highest BCUT2D eigenvalue weighted by Gasteiger charge is 2.19. The Hall–Kier alpha value is -3.67. The molecule has 33 heavy (non-hydrogen) atoms. The summed E-state index contributed by atoms with van der Waals surface area (Å²) in [7, 11) is 0. The maximum Gasteiger partial charge on any atom is 0.344 e. The molecular weight excluding hydrogens is 452 g/mol. The van der Waals surface area contributed by atoms with E-state index in [9.17, 15) is 19.2 Å². The lowest BCUT2D eigenvalue weighted by molar-refractivity contribution is -0.157. The molecular formula is C21H24N4O7S. The molecule has 0 aliphatic rings. The maximum absolute atomic E-state index is 12.6. The average molecular weight is 477 g/mol. The molecule has 0 unspecified atom stereocenters. The first-order chi connectivity index (χ1) is 15.7. The van der Waals surface area contributed by atoms with Crippen LogP contribution in [0.5, 0.6) is 0 Å². The Morgan fingerprint density at radius 2 is 2.03 bits per heavy atom. The molecule has 11 nitrogen and oxygen atoms in total. The van der Waals surface area contributed by atoms with Crippen molar-refractivity contribution in [3.05, 3.63) is 52.3 Å². The maximum atomic E-state index is 12.6. The summed E-state index contributed by atoms with van der Waals surface area (Å²) in [5, 5.41) is -0.385. The van der Waals surface area contributed by atoms with Crippen molar-refractivity contribution in [3.63, 3.8) is 0 Å². The van der Waals surface area contributed by atoms with Crippen LogP contribution < -0.4 is 5.73 Å². The molecule has 2 heterocycles. The molecule has 2 rings (SSSR count). The number of furan rings is 1. The molecule has 12 heteroatoms. The molecule has 0 radical (unpaired) electrons. The zero-order valence-corrected chi connectivity index (χ0v) is 19.2. The Labute approximate surface area is 194 Å². The minimum absolute atomic E-state index is 0.0761. The summed E-state index contributed by atoms with van der Waals surface area (Å²) < 4.78 is 14.8. The molecule has 0 aliphatic carbocycles. The van der Waals surface area contributed by atoms with Gasteiger partial charge in [0.1, 0.15) is 11.6 Å². The number of ether oxygens (including phenoxy) is 2. The third-order valence-corrected chi connectivity index (χ3v) is 5.38. The highest BCUT2D eigenvalue weighted by Crippen LogP contribution is 2.29. The molecule has 0 bridgehead atoms. The van der Waals surface area contributed by atoms with E-state index in [4.69, 9.17) is 14.9 Å². The number of nitrogens with two attached hydrogens (primary N) is 1. The lowest BCUT2D eigenvalue weighted by Gasteiger charge is -2.22. The Bertz CT molecular complexity index is 1040. The van der Waals surface area contributed by atoms with Gasteiger partial charge in [-0.25, -0.2) is 14.8 Å². The van der Waals surface area contributed by atoms with Gasteiger partial charge in [-0.05, 0) is 37.7 Å². The van der Waals surface area contributed by atoms with Gasteiger partial charge in [-0.15, -0.1) is 0 Å². The van der Waals surface area contributed by atoms with Crippen LogP contribution in [0.1, 0.15) is 42.2 Å². The summed E-state index contributed by atoms with van der Waals surface area (Å²) in [6.45, 7) is 3.98. The molecule has 1 amide bonds. The molecule has 0 saturated carbocycles. The van der Waals surface area contributed by atoms with Crippen molar-refractivity contribution in [2.24, 2.45) is 0 Å². The summed E-state index contributed by atoms with van der Waals surface area (Å²) >= 11 is 0.849. The second kappa shape index (κ2) is 12.4. The Kier molecular flexibility index (Phi) is 9.61. The van der Waals surface area contributed by atoms with Crippen molar-refractivity contribution in [2.75, 3.05) is 18.9 Å². The fourth-order valence-electron chi connectivity index (χ4n) is 2.54. The molecule has 0 atom stereocenters. The number of amides is 1. The van der Waals surface area contributed by atoms with E-state index in [0.29, 0.717) is 28.4 Å². The predicted molar refractivity (Wildman–Crippen MR) is 118 cm³/mol. The van der Waals surface area contributed by atoms with Crippen LogP contribution >= 0.6 is 11.8 Å². The van der Waals surface area contributed by atoms with Gasteiger partial charge in [-0.3, -0.25) is 14.4 Å². The number of hydrogen-bond donors (Lipinski definition) is 1. The Balaban J connectivity index is 2.20. The van der Waals surface area contributed by atoms with Gasteiger partial charge in [0, 0.05) is 35.7 Å². The number of aryl methyl sites for hydroxylation is 1. The number of thioether (sulfide) groups is 1. The summed E-state index contributed by atoms with van der Waals surface area (Å²) in [5.74, 6) is -0.476. The smallest absolute Gasteiger partial charge is 0.344 e. The standard InChI is InChI=1S/C21H24N4O7S/c1-13(25(12-26)10-16-9-23-14(2)24-20(16)22)18(33-21(29)17-5-4-7-30-17)6-8-31-19(28)11-32-15(3)27/h4-5,7,9,12H,6,8,10-11H2,1-3H3,(H2,22,23,24). The topological polar surface area (TPSA) is 155 Å². The van der Waals surface area contributed by atoms with E-state index in [0.717, 1.165) is 11.8 Å². The van der Waals surface area contributed by atoms with Crippen LogP contribution in [0.2, 0.25) is 0 Å². The first-order valence-corrected chi connectivity index (χ1v) is 10.6. The number of nitrogens with zero attached hydrogens (tertiary/aromatic N) is 3. The third-order valence-electron chi connectivity index (χ3n) is 4.24. The number of hydrogen-bond acceptors (Lipinski definition) is 11. The van der Waals surface area contributed by atoms with Crippen molar-refractivity contribution in [1.29, 1.82) is 0 Å². The fraction of sp³-hybridized carbons (Fsp3) is 0.333. The summed E-state index contributed by atoms with van der Waals surface area (Å²) in [6.07, 6.45) is 3.62. The number of anilines is 1. The first-order valence-electron chi connectivity index (χ1n) is 9.75. The summed E-state index contributed by atoms with van der Waals surface area (Å²) in [5.41, 5.74) is 6.91. The monoisotopic (exact) mass is 476 g/mol. The van der Waals surface area contributed by atoms with E-state index in [1.807, 2.05) is 0 Å². The second-order valence-corrected chi connectivity index (χ2v) is 7.75. The number of aromatic nitrogens is 2. The van der Waals surface area contributed by atoms with Crippen LogP contribution in [-0.2, 0) is 30.4 Å². The minimum atomic E-state index is -0.735. The van der Waals surface area contributed by atoms with Crippen LogP contribution in [0.4, 0.5) is 5.82 Å². The molecule has 0 aromatic carbocycles. The van der Waals surface area contributed by atoms with Crippen LogP contribution in [0.3, 0.4) is 0 Å². The van der Waals surface area contributed by atoms with E-state index in [2.05, 4.69) is 14.7 Å². The van der Waals surface area contributed by atoms with Crippen molar-refractivity contribution in [3.8, 4) is 0 Å². The van der Waals surface area contributed by atoms with E-state index < -0.39 is 18.5 Å². The number of nitrogen functional groups attached to an aromatic ring is 1. The van der Waals surface area contributed by atoms with Gasteiger partial charge in [0.25, 0.3) is 5.12 Å².